The van der Waals surface area contributed by atoms with E-state index in [0.717, 1.165) is 25.7 Å². The standard InChI is InChI=1S/C13H28N4/c1-4-9(5-2)12(14)10-6-8(3)7-11(10)17-13(15)16/h8-12H,4-7,14H2,1-3H3,(H4,15,16,17)/t8-,10-,11-,12?/m1/s1. The molecule has 17 heavy (non-hydrogen) atoms. The van der Waals surface area contributed by atoms with E-state index in [0.29, 0.717) is 17.8 Å². The molecular weight excluding hydrogens is 212 g/mol. The number of rotatable bonds is 5. The van der Waals surface area contributed by atoms with Crippen molar-refractivity contribution in [1.29, 1.82) is 0 Å². The highest BCUT2D eigenvalue weighted by atomic mass is 15.0. The van der Waals surface area contributed by atoms with Crippen molar-refractivity contribution >= 4 is 5.96 Å². The lowest BCUT2D eigenvalue weighted by molar-refractivity contribution is 0.276. The molecule has 0 aromatic carbocycles. The third kappa shape index (κ3) is 3.60. The van der Waals surface area contributed by atoms with Crippen LogP contribution >= 0.6 is 0 Å². The van der Waals surface area contributed by atoms with Gasteiger partial charge in [0.05, 0.1) is 6.04 Å². The molecule has 0 heterocycles. The summed E-state index contributed by atoms with van der Waals surface area (Å²) in [6.07, 6.45) is 4.49. The van der Waals surface area contributed by atoms with E-state index in [2.05, 4.69) is 25.8 Å². The Balaban J connectivity index is 2.75. The second kappa shape index (κ2) is 6.24. The summed E-state index contributed by atoms with van der Waals surface area (Å²) in [7, 11) is 0. The molecule has 0 aromatic heterocycles. The lowest BCUT2D eigenvalue weighted by Gasteiger charge is -2.29. The lowest BCUT2D eigenvalue weighted by Crippen LogP contribution is -2.41. The summed E-state index contributed by atoms with van der Waals surface area (Å²) in [4.78, 5) is 4.37. The average molecular weight is 240 g/mol. The van der Waals surface area contributed by atoms with Crippen molar-refractivity contribution in [3.63, 3.8) is 0 Å². The summed E-state index contributed by atoms with van der Waals surface area (Å²) in [6.45, 7) is 6.68. The maximum Gasteiger partial charge on any atom is 0.186 e. The normalized spacial score (nSPS) is 30.5. The van der Waals surface area contributed by atoms with Crippen LogP contribution in [0.1, 0.15) is 46.5 Å². The summed E-state index contributed by atoms with van der Waals surface area (Å²) in [6, 6.07) is 0.452. The molecule has 0 aliphatic heterocycles. The number of nitrogens with zero attached hydrogens (tertiary/aromatic N) is 1. The van der Waals surface area contributed by atoms with Crippen LogP contribution in [-0.2, 0) is 0 Å². The maximum absolute atomic E-state index is 6.42. The van der Waals surface area contributed by atoms with Crippen LogP contribution in [0.25, 0.3) is 0 Å². The molecule has 0 spiro atoms. The van der Waals surface area contributed by atoms with Crippen molar-refractivity contribution in [2.24, 2.45) is 39.9 Å². The van der Waals surface area contributed by atoms with E-state index in [4.69, 9.17) is 17.2 Å². The van der Waals surface area contributed by atoms with Crippen molar-refractivity contribution in [1.82, 2.24) is 0 Å². The zero-order valence-electron chi connectivity index (χ0n) is 11.4. The third-order valence-corrected chi connectivity index (χ3v) is 4.21. The maximum atomic E-state index is 6.42. The first kappa shape index (κ1) is 14.3. The first-order valence-corrected chi connectivity index (χ1v) is 6.83. The lowest BCUT2D eigenvalue weighted by atomic mass is 9.82. The Morgan fingerprint density at radius 1 is 1.24 bits per heavy atom. The van der Waals surface area contributed by atoms with Gasteiger partial charge in [-0.15, -0.1) is 0 Å². The minimum Gasteiger partial charge on any atom is -0.370 e. The fourth-order valence-corrected chi connectivity index (χ4v) is 3.24. The smallest absolute Gasteiger partial charge is 0.186 e. The van der Waals surface area contributed by atoms with Crippen LogP contribution in [-0.4, -0.2) is 18.0 Å². The molecular formula is C13H28N4. The molecule has 0 saturated heterocycles. The largest absolute Gasteiger partial charge is 0.370 e. The van der Waals surface area contributed by atoms with Crippen LogP contribution in [0, 0.1) is 17.8 Å². The fourth-order valence-electron chi connectivity index (χ4n) is 3.24. The second-order valence-electron chi connectivity index (χ2n) is 5.52. The minimum absolute atomic E-state index is 0.200. The fraction of sp³-hybridized carbons (Fsp3) is 0.923. The van der Waals surface area contributed by atoms with Crippen LogP contribution in [0.3, 0.4) is 0 Å². The number of hydrogen-bond donors (Lipinski definition) is 3. The molecule has 6 N–H and O–H groups in total. The minimum atomic E-state index is 0.200. The topological polar surface area (TPSA) is 90.4 Å². The molecule has 1 rings (SSSR count). The van der Waals surface area contributed by atoms with Crippen molar-refractivity contribution in [2.45, 2.75) is 58.5 Å². The summed E-state index contributed by atoms with van der Waals surface area (Å²) >= 11 is 0. The molecule has 1 aliphatic rings. The van der Waals surface area contributed by atoms with Gasteiger partial charge in [0.1, 0.15) is 0 Å². The van der Waals surface area contributed by atoms with Gasteiger partial charge < -0.3 is 17.2 Å². The molecule has 4 heteroatoms. The predicted octanol–water partition coefficient (Wildman–Crippen LogP) is 1.44. The highest BCUT2D eigenvalue weighted by molar-refractivity contribution is 5.75. The van der Waals surface area contributed by atoms with Crippen LogP contribution in [0.2, 0.25) is 0 Å². The van der Waals surface area contributed by atoms with Gasteiger partial charge in [0.2, 0.25) is 0 Å². The number of hydrogen-bond acceptors (Lipinski definition) is 2. The van der Waals surface area contributed by atoms with Gasteiger partial charge in [-0.05, 0) is 30.6 Å². The van der Waals surface area contributed by atoms with Crippen molar-refractivity contribution in [2.75, 3.05) is 0 Å². The Morgan fingerprint density at radius 3 is 2.29 bits per heavy atom. The highest BCUT2D eigenvalue weighted by Crippen LogP contribution is 2.37. The third-order valence-electron chi connectivity index (χ3n) is 4.21. The Labute approximate surface area is 105 Å². The Hall–Kier alpha value is -0.770. The number of nitrogens with two attached hydrogens (primary N) is 3. The molecule has 0 bridgehead atoms. The molecule has 0 aromatic rings. The van der Waals surface area contributed by atoms with Crippen molar-refractivity contribution < 1.29 is 0 Å². The number of aliphatic imine (C=N–C) groups is 1. The molecule has 0 radical (unpaired) electrons. The van der Waals surface area contributed by atoms with E-state index in [1.165, 1.54) is 0 Å². The molecule has 4 nitrogen and oxygen atoms in total. The first-order valence-electron chi connectivity index (χ1n) is 6.83. The van der Waals surface area contributed by atoms with E-state index in [1.54, 1.807) is 0 Å². The van der Waals surface area contributed by atoms with Gasteiger partial charge in [0.15, 0.2) is 5.96 Å². The van der Waals surface area contributed by atoms with Gasteiger partial charge >= 0.3 is 0 Å². The Bertz CT molecular complexity index is 256. The molecule has 1 unspecified atom stereocenters. The van der Waals surface area contributed by atoms with Gasteiger partial charge in [-0.25, -0.2) is 4.99 Å². The second-order valence-corrected chi connectivity index (χ2v) is 5.52. The first-order chi connectivity index (χ1) is 7.99. The molecule has 0 amide bonds. The highest BCUT2D eigenvalue weighted by Gasteiger charge is 2.37. The van der Waals surface area contributed by atoms with Crippen molar-refractivity contribution in [3.8, 4) is 0 Å². The van der Waals surface area contributed by atoms with E-state index < -0.39 is 0 Å². The van der Waals surface area contributed by atoms with Crippen LogP contribution in [0.4, 0.5) is 0 Å². The van der Waals surface area contributed by atoms with E-state index >= 15 is 0 Å². The summed E-state index contributed by atoms with van der Waals surface area (Å²) in [5, 5.41) is 0. The molecule has 100 valence electrons. The zero-order valence-corrected chi connectivity index (χ0v) is 11.4. The van der Waals surface area contributed by atoms with Gasteiger partial charge in [-0.1, -0.05) is 33.6 Å². The van der Waals surface area contributed by atoms with Crippen LogP contribution < -0.4 is 17.2 Å². The van der Waals surface area contributed by atoms with Crippen LogP contribution in [0.5, 0.6) is 0 Å². The Morgan fingerprint density at radius 2 is 1.82 bits per heavy atom. The Kier molecular flexibility index (Phi) is 5.25. The van der Waals surface area contributed by atoms with Gasteiger partial charge in [-0.3, -0.25) is 0 Å². The van der Waals surface area contributed by atoms with Crippen LogP contribution in [0.15, 0.2) is 4.99 Å². The van der Waals surface area contributed by atoms with E-state index in [-0.39, 0.29) is 18.0 Å². The molecule has 1 saturated carbocycles. The van der Waals surface area contributed by atoms with Crippen molar-refractivity contribution in [3.05, 3.63) is 0 Å². The molecule has 1 fully saturated rings. The SMILES string of the molecule is CCC(CC)C(N)[C@@H]1C[C@@H](C)C[C@H]1N=C(N)N. The predicted molar refractivity (Wildman–Crippen MR) is 73.5 cm³/mol. The van der Waals surface area contributed by atoms with E-state index in [1.807, 2.05) is 0 Å². The zero-order chi connectivity index (χ0) is 13.0. The molecule has 4 atom stereocenters. The molecule has 1 aliphatic carbocycles. The van der Waals surface area contributed by atoms with Gasteiger partial charge in [0.25, 0.3) is 0 Å². The summed E-state index contributed by atoms with van der Waals surface area (Å²) in [5.74, 6) is 1.90. The average Bonchev–Trinajstić information content (AvgIpc) is 2.60. The monoisotopic (exact) mass is 240 g/mol. The summed E-state index contributed by atoms with van der Waals surface area (Å²) < 4.78 is 0. The quantitative estimate of drug-likeness (QED) is 0.501. The van der Waals surface area contributed by atoms with Gasteiger partial charge in [-0.2, -0.15) is 0 Å². The summed E-state index contributed by atoms with van der Waals surface area (Å²) in [5.41, 5.74) is 17.4. The number of guanidine groups is 1. The van der Waals surface area contributed by atoms with Gasteiger partial charge in [0, 0.05) is 6.04 Å². The van der Waals surface area contributed by atoms with E-state index in [9.17, 15) is 0 Å².